The van der Waals surface area contributed by atoms with E-state index in [9.17, 15) is 22.8 Å². The lowest BCUT2D eigenvalue weighted by Crippen LogP contribution is -2.37. The van der Waals surface area contributed by atoms with Gasteiger partial charge in [0, 0.05) is 47.0 Å². The number of benzene rings is 2. The summed E-state index contributed by atoms with van der Waals surface area (Å²) in [7, 11) is 0. The van der Waals surface area contributed by atoms with Crippen LogP contribution in [0.5, 0.6) is 0 Å². The number of morpholine rings is 1. The Hall–Kier alpha value is -3.84. The third-order valence-electron chi connectivity index (χ3n) is 7.77. The van der Waals surface area contributed by atoms with Gasteiger partial charge in [-0.1, -0.05) is 13.0 Å². The SMILES string of the molecule is Cc1ccc(NC(=O)c2ccc(N3CCOCC3)c(C(F)(F)F)c2)cc1NC(=O)C1c2ncnc(NC3CC3)c2SC1C. The molecule has 3 aliphatic rings. The molecule has 1 aromatic heterocycles. The van der Waals surface area contributed by atoms with Crippen molar-refractivity contribution in [2.24, 2.45) is 0 Å². The second kappa shape index (κ2) is 11.7. The number of alkyl halides is 3. The van der Waals surface area contributed by atoms with E-state index in [4.69, 9.17) is 4.74 Å². The Morgan fingerprint density at radius 2 is 1.81 bits per heavy atom. The fourth-order valence-electron chi connectivity index (χ4n) is 5.30. The van der Waals surface area contributed by atoms with Crippen LogP contribution < -0.4 is 20.9 Å². The number of rotatable bonds is 7. The molecule has 0 radical (unpaired) electrons. The molecule has 1 aliphatic carbocycles. The molecule has 2 aliphatic heterocycles. The summed E-state index contributed by atoms with van der Waals surface area (Å²) in [5, 5.41) is 8.99. The van der Waals surface area contributed by atoms with E-state index >= 15 is 0 Å². The summed E-state index contributed by atoms with van der Waals surface area (Å²) in [6.45, 7) is 5.14. The van der Waals surface area contributed by atoms with Crippen molar-refractivity contribution < 1.29 is 27.5 Å². The van der Waals surface area contributed by atoms with Crippen molar-refractivity contribution in [3.8, 4) is 0 Å². The predicted octanol–water partition coefficient (Wildman–Crippen LogP) is 5.68. The molecule has 43 heavy (non-hydrogen) atoms. The highest BCUT2D eigenvalue weighted by atomic mass is 32.2. The second-order valence-electron chi connectivity index (χ2n) is 11.0. The minimum Gasteiger partial charge on any atom is -0.378 e. The summed E-state index contributed by atoms with van der Waals surface area (Å²) in [6, 6.07) is 8.98. The van der Waals surface area contributed by atoms with Crippen LogP contribution in [0.15, 0.2) is 47.6 Å². The molecule has 9 nitrogen and oxygen atoms in total. The Labute approximate surface area is 251 Å². The number of hydrogen-bond acceptors (Lipinski definition) is 8. The average molecular weight is 613 g/mol. The number of amides is 2. The van der Waals surface area contributed by atoms with Crippen molar-refractivity contribution in [2.75, 3.05) is 47.2 Å². The van der Waals surface area contributed by atoms with Crippen molar-refractivity contribution in [3.63, 3.8) is 0 Å². The van der Waals surface area contributed by atoms with Crippen LogP contribution in [0.1, 0.15) is 52.9 Å². The summed E-state index contributed by atoms with van der Waals surface area (Å²) >= 11 is 1.57. The number of carbonyl (C=O) groups is 2. The quantitative estimate of drug-likeness (QED) is 0.313. The van der Waals surface area contributed by atoms with E-state index in [-0.39, 0.29) is 22.4 Å². The zero-order valence-electron chi connectivity index (χ0n) is 23.6. The van der Waals surface area contributed by atoms with Crippen LogP contribution in [0.4, 0.5) is 36.1 Å². The first-order valence-electron chi connectivity index (χ1n) is 14.1. The van der Waals surface area contributed by atoms with Gasteiger partial charge in [-0.3, -0.25) is 9.59 Å². The monoisotopic (exact) mass is 612 g/mol. The van der Waals surface area contributed by atoms with Gasteiger partial charge in [0.05, 0.1) is 35.3 Å². The van der Waals surface area contributed by atoms with Gasteiger partial charge in [0.15, 0.2) is 0 Å². The first kappa shape index (κ1) is 29.2. The van der Waals surface area contributed by atoms with Gasteiger partial charge in [0.1, 0.15) is 12.1 Å². The number of aryl methyl sites for hydroxylation is 1. The highest BCUT2D eigenvalue weighted by Crippen LogP contribution is 2.48. The second-order valence-corrected chi connectivity index (χ2v) is 12.3. The molecular weight excluding hydrogens is 581 g/mol. The van der Waals surface area contributed by atoms with Gasteiger partial charge < -0.3 is 25.6 Å². The molecule has 226 valence electrons. The summed E-state index contributed by atoms with van der Waals surface area (Å²) in [6.07, 6.45) is -0.975. The minimum absolute atomic E-state index is 0.0225. The Balaban J connectivity index is 1.19. The smallest absolute Gasteiger partial charge is 0.378 e. The van der Waals surface area contributed by atoms with Crippen molar-refractivity contribution in [1.82, 2.24) is 9.97 Å². The molecule has 1 saturated heterocycles. The summed E-state index contributed by atoms with van der Waals surface area (Å²) in [5.74, 6) is -0.685. The Bertz CT molecular complexity index is 1560. The third kappa shape index (κ3) is 6.28. The molecule has 0 bridgehead atoms. The Morgan fingerprint density at radius 1 is 1.05 bits per heavy atom. The van der Waals surface area contributed by atoms with E-state index in [1.807, 2.05) is 13.8 Å². The zero-order chi connectivity index (χ0) is 30.3. The van der Waals surface area contributed by atoms with Gasteiger partial charge in [0.25, 0.3) is 5.91 Å². The Kier molecular flexibility index (Phi) is 7.94. The molecule has 2 aromatic carbocycles. The fraction of sp³-hybridized carbons (Fsp3) is 0.400. The average Bonchev–Trinajstić information content (AvgIpc) is 3.73. The van der Waals surface area contributed by atoms with Crippen LogP contribution in [0.3, 0.4) is 0 Å². The molecule has 6 rings (SSSR count). The van der Waals surface area contributed by atoms with Crippen LogP contribution in [-0.4, -0.2) is 59.4 Å². The van der Waals surface area contributed by atoms with Gasteiger partial charge in [-0.05, 0) is 55.7 Å². The van der Waals surface area contributed by atoms with Gasteiger partial charge >= 0.3 is 6.18 Å². The molecule has 2 unspecified atom stereocenters. The van der Waals surface area contributed by atoms with Crippen LogP contribution in [0.25, 0.3) is 0 Å². The molecule has 3 heterocycles. The van der Waals surface area contributed by atoms with Crippen LogP contribution in [0.2, 0.25) is 0 Å². The molecule has 13 heteroatoms. The number of nitrogens with one attached hydrogen (secondary N) is 3. The molecular formula is C30H31F3N6O3S. The van der Waals surface area contributed by atoms with E-state index < -0.39 is 23.6 Å². The first-order chi connectivity index (χ1) is 20.6. The number of nitrogens with zero attached hydrogens (tertiary/aromatic N) is 3. The third-order valence-corrected chi connectivity index (χ3v) is 9.05. The largest absolute Gasteiger partial charge is 0.418 e. The number of carbonyl (C=O) groups excluding carboxylic acids is 2. The van der Waals surface area contributed by atoms with E-state index in [1.165, 1.54) is 18.5 Å². The molecule has 2 atom stereocenters. The van der Waals surface area contributed by atoms with Crippen LogP contribution in [-0.2, 0) is 15.7 Å². The van der Waals surface area contributed by atoms with E-state index in [0.29, 0.717) is 49.4 Å². The topological polar surface area (TPSA) is 108 Å². The molecule has 2 amide bonds. The predicted molar refractivity (Wildman–Crippen MR) is 159 cm³/mol. The van der Waals surface area contributed by atoms with E-state index in [1.54, 1.807) is 34.9 Å². The number of hydrogen-bond donors (Lipinski definition) is 3. The maximum atomic E-state index is 14.0. The van der Waals surface area contributed by atoms with Crippen molar-refractivity contribution in [2.45, 2.75) is 55.0 Å². The highest BCUT2D eigenvalue weighted by molar-refractivity contribution is 8.00. The summed E-state index contributed by atoms with van der Waals surface area (Å²) in [4.78, 5) is 37.9. The standard InChI is InChI=1S/C30H31F3N6O3S/c1-16-3-5-20(37-28(40)18-4-8-23(21(13-18)30(31,32)33)39-9-11-42-12-10-39)14-22(16)38-29(41)24-17(2)43-26-25(24)34-15-35-27(26)36-19-6-7-19/h3-5,8,13-15,17,19,24H,6-7,9-12H2,1-2H3,(H,37,40)(H,38,41)(H,34,35,36). The van der Waals surface area contributed by atoms with Crippen molar-refractivity contribution in [3.05, 3.63) is 65.1 Å². The van der Waals surface area contributed by atoms with E-state index in [0.717, 1.165) is 35.2 Å². The number of fused-ring (bicyclic) bond motifs is 1. The summed E-state index contributed by atoms with van der Waals surface area (Å²) in [5.41, 5.74) is 1.28. The number of thioether (sulfide) groups is 1. The normalized spacial score (nSPS) is 20.0. The van der Waals surface area contributed by atoms with Crippen LogP contribution >= 0.6 is 11.8 Å². The lowest BCUT2D eigenvalue weighted by molar-refractivity contribution is -0.137. The fourth-order valence-corrected chi connectivity index (χ4v) is 6.58. The zero-order valence-corrected chi connectivity index (χ0v) is 24.4. The minimum atomic E-state index is -4.64. The van der Waals surface area contributed by atoms with E-state index in [2.05, 4.69) is 25.9 Å². The highest BCUT2D eigenvalue weighted by Gasteiger charge is 2.40. The maximum Gasteiger partial charge on any atom is 0.418 e. The van der Waals surface area contributed by atoms with Crippen LogP contribution in [0, 0.1) is 6.92 Å². The van der Waals surface area contributed by atoms with Crippen molar-refractivity contribution >= 4 is 46.5 Å². The van der Waals surface area contributed by atoms with Crippen molar-refractivity contribution in [1.29, 1.82) is 0 Å². The number of anilines is 4. The van der Waals surface area contributed by atoms with Gasteiger partial charge in [-0.15, -0.1) is 11.8 Å². The summed E-state index contributed by atoms with van der Waals surface area (Å²) < 4.78 is 47.2. The van der Waals surface area contributed by atoms with Gasteiger partial charge in [-0.2, -0.15) is 13.2 Å². The first-order valence-corrected chi connectivity index (χ1v) is 15.0. The van der Waals surface area contributed by atoms with Gasteiger partial charge in [-0.25, -0.2) is 9.97 Å². The number of halogens is 3. The lowest BCUT2D eigenvalue weighted by Gasteiger charge is -2.31. The maximum absolute atomic E-state index is 14.0. The molecule has 1 saturated carbocycles. The molecule has 3 aromatic rings. The van der Waals surface area contributed by atoms with Gasteiger partial charge in [0.2, 0.25) is 5.91 Å². The molecule has 3 N–H and O–H groups in total. The number of aromatic nitrogens is 2. The molecule has 0 spiro atoms. The lowest BCUT2D eigenvalue weighted by atomic mass is 10.00. The Morgan fingerprint density at radius 3 is 2.53 bits per heavy atom. The number of ether oxygens (including phenoxy) is 1. The molecule has 2 fully saturated rings.